The summed E-state index contributed by atoms with van der Waals surface area (Å²) in [5, 5.41) is 5.72. The minimum absolute atomic E-state index is 0.139. The van der Waals surface area contributed by atoms with E-state index in [1.54, 1.807) is 0 Å². The van der Waals surface area contributed by atoms with E-state index >= 15 is 0 Å². The van der Waals surface area contributed by atoms with Crippen LogP contribution in [0.1, 0.15) is 49.9 Å². The van der Waals surface area contributed by atoms with Crippen LogP contribution in [0, 0.1) is 0 Å². The van der Waals surface area contributed by atoms with E-state index in [-0.39, 0.29) is 10.8 Å². The third kappa shape index (κ3) is 5.80. The molecular formula is C66H51NSi. The number of hydrogen-bond donors (Lipinski definition) is 0. The largest absolute Gasteiger partial charge is 0.310 e. The van der Waals surface area contributed by atoms with Gasteiger partial charge in [0.05, 0.1) is 0 Å². The summed E-state index contributed by atoms with van der Waals surface area (Å²) in [5.41, 5.74) is 21.5. The molecule has 1 nitrogen and oxygen atoms in total. The van der Waals surface area contributed by atoms with Gasteiger partial charge < -0.3 is 4.90 Å². The molecule has 0 atom stereocenters. The first-order valence-corrected chi connectivity index (χ1v) is 26.1. The molecule has 0 bridgehead atoms. The highest BCUT2D eigenvalue weighted by Gasteiger charge is 2.48. The van der Waals surface area contributed by atoms with Gasteiger partial charge in [0.15, 0.2) is 8.07 Å². The van der Waals surface area contributed by atoms with E-state index in [1.165, 1.54) is 98.6 Å². The fourth-order valence-corrected chi connectivity index (χ4v) is 17.7. The molecule has 0 unspecified atom stereocenters. The number of hydrogen-bond acceptors (Lipinski definition) is 1. The first-order valence-electron chi connectivity index (χ1n) is 24.1. The molecule has 0 amide bonds. The first-order chi connectivity index (χ1) is 33.2. The predicted octanol–water partition coefficient (Wildman–Crippen LogP) is 14.5. The summed E-state index contributed by atoms with van der Waals surface area (Å²) in [5.74, 6) is 0. The van der Waals surface area contributed by atoms with Gasteiger partial charge in [-0.2, -0.15) is 0 Å². The third-order valence-corrected chi connectivity index (χ3v) is 20.6. The van der Waals surface area contributed by atoms with Crippen molar-refractivity contribution in [1.82, 2.24) is 0 Å². The van der Waals surface area contributed by atoms with Crippen molar-refractivity contribution in [2.24, 2.45) is 0 Å². The van der Waals surface area contributed by atoms with Crippen LogP contribution in [0.5, 0.6) is 0 Å². The number of rotatable bonds is 7. The zero-order valence-electron chi connectivity index (χ0n) is 39.0. The Hall–Kier alpha value is -7.78. The van der Waals surface area contributed by atoms with Crippen LogP contribution in [0.4, 0.5) is 17.1 Å². The molecule has 2 aliphatic carbocycles. The molecule has 2 heteroatoms. The maximum absolute atomic E-state index is 2.70. The lowest BCUT2D eigenvalue weighted by molar-refractivity contribution is 0.660. The monoisotopic (exact) mass is 885 g/mol. The zero-order chi connectivity index (χ0) is 45.8. The molecule has 3 aliphatic rings. The van der Waals surface area contributed by atoms with Gasteiger partial charge in [-0.1, -0.05) is 228 Å². The standard InChI is InChI=1S/C66H51NSi/c1-65(2)59-30-15-11-26-52(59)54-38-35-47(42-61(54)65)67(48-36-39-55-53-27-12-16-31-60(53)66(3,4)62(55)43-48)46-34-37-51(58(41-46)44-20-7-5-8-21-44)45-22-19-25-50(40-45)68(49-23-9-6-10-24-49)63-32-17-13-28-56(63)57-29-14-18-33-64(57)68/h5-43H,1-4H3. The van der Waals surface area contributed by atoms with Gasteiger partial charge in [0.2, 0.25) is 0 Å². The minimum Gasteiger partial charge on any atom is -0.310 e. The summed E-state index contributed by atoms with van der Waals surface area (Å²) in [6, 6.07) is 89.6. The second-order valence-electron chi connectivity index (χ2n) is 20.0. The zero-order valence-corrected chi connectivity index (χ0v) is 40.0. The maximum Gasteiger partial charge on any atom is 0.180 e. The number of anilines is 3. The Kier molecular flexibility index (Phi) is 9.00. The van der Waals surface area contributed by atoms with Crippen LogP contribution in [0.3, 0.4) is 0 Å². The molecule has 10 aromatic rings. The van der Waals surface area contributed by atoms with Crippen molar-refractivity contribution in [3.05, 3.63) is 259 Å². The molecule has 0 fully saturated rings. The van der Waals surface area contributed by atoms with Crippen molar-refractivity contribution in [3.8, 4) is 55.6 Å². The number of fused-ring (bicyclic) bond motifs is 9. The molecule has 10 aromatic carbocycles. The van der Waals surface area contributed by atoms with Gasteiger partial charge in [-0.05, 0) is 135 Å². The quantitative estimate of drug-likeness (QED) is 0.144. The van der Waals surface area contributed by atoms with E-state index in [0.29, 0.717) is 0 Å². The Morgan fingerprint density at radius 1 is 0.279 bits per heavy atom. The Morgan fingerprint density at radius 3 is 1.25 bits per heavy atom. The lowest BCUT2D eigenvalue weighted by Gasteiger charge is -2.32. The Bertz CT molecular complexity index is 3480. The summed E-state index contributed by atoms with van der Waals surface area (Å²) >= 11 is 0. The highest BCUT2D eigenvalue weighted by Crippen LogP contribution is 2.53. The van der Waals surface area contributed by atoms with Crippen LogP contribution >= 0.6 is 0 Å². The average molecular weight is 886 g/mol. The highest BCUT2D eigenvalue weighted by atomic mass is 28.3. The lowest BCUT2D eigenvalue weighted by atomic mass is 9.82. The van der Waals surface area contributed by atoms with Gasteiger partial charge in [-0.3, -0.25) is 0 Å². The SMILES string of the molecule is CC1(C)c2ccccc2-c2ccc(N(c3ccc(-c4cccc([Si]5(c6ccccc6)c6ccccc6-c6ccccc65)c4)c(-c4ccccc4)c3)c3ccc4c(c3)C(C)(C)c3ccccc3-4)cc21. The molecule has 13 rings (SSSR count). The van der Waals surface area contributed by atoms with Crippen LogP contribution in [-0.2, 0) is 10.8 Å². The molecule has 0 radical (unpaired) electrons. The predicted molar refractivity (Wildman–Crippen MR) is 290 cm³/mol. The highest BCUT2D eigenvalue weighted by molar-refractivity contribution is 7.22. The van der Waals surface area contributed by atoms with Crippen LogP contribution in [-0.4, -0.2) is 8.07 Å². The van der Waals surface area contributed by atoms with Crippen molar-refractivity contribution < 1.29 is 0 Å². The Morgan fingerprint density at radius 2 is 0.691 bits per heavy atom. The molecule has 1 aliphatic heterocycles. The van der Waals surface area contributed by atoms with Crippen molar-refractivity contribution in [3.63, 3.8) is 0 Å². The van der Waals surface area contributed by atoms with E-state index in [1.807, 2.05) is 0 Å². The van der Waals surface area contributed by atoms with Crippen molar-refractivity contribution in [2.75, 3.05) is 4.90 Å². The van der Waals surface area contributed by atoms with Crippen LogP contribution in [0.15, 0.2) is 237 Å². The van der Waals surface area contributed by atoms with Crippen molar-refractivity contribution in [2.45, 2.75) is 38.5 Å². The molecule has 0 spiro atoms. The fraction of sp³-hybridized carbons (Fsp3) is 0.0909. The molecule has 0 saturated carbocycles. The van der Waals surface area contributed by atoms with Gasteiger partial charge in [-0.15, -0.1) is 0 Å². The van der Waals surface area contributed by atoms with Crippen LogP contribution in [0.25, 0.3) is 55.6 Å². The van der Waals surface area contributed by atoms with Crippen LogP contribution < -0.4 is 25.6 Å². The normalized spacial score (nSPS) is 14.8. The van der Waals surface area contributed by atoms with Gasteiger partial charge >= 0.3 is 0 Å². The van der Waals surface area contributed by atoms with E-state index in [9.17, 15) is 0 Å². The molecule has 1 heterocycles. The van der Waals surface area contributed by atoms with Crippen molar-refractivity contribution >= 4 is 45.9 Å². The molecular weight excluding hydrogens is 835 g/mol. The summed E-state index contributed by atoms with van der Waals surface area (Å²) in [6.07, 6.45) is 0. The molecule has 0 aromatic heterocycles. The lowest BCUT2D eigenvalue weighted by Crippen LogP contribution is -2.72. The minimum atomic E-state index is -2.70. The van der Waals surface area contributed by atoms with Crippen molar-refractivity contribution in [1.29, 1.82) is 0 Å². The topological polar surface area (TPSA) is 3.24 Å². The number of benzene rings is 10. The van der Waals surface area contributed by atoms with Gasteiger partial charge in [0.25, 0.3) is 0 Å². The summed E-state index contributed by atoms with van der Waals surface area (Å²) < 4.78 is 0. The fourth-order valence-electron chi connectivity index (χ4n) is 12.5. The third-order valence-electron chi connectivity index (χ3n) is 15.8. The Labute approximate surface area is 401 Å². The van der Waals surface area contributed by atoms with E-state index in [2.05, 4.69) is 269 Å². The van der Waals surface area contributed by atoms with E-state index in [0.717, 1.165) is 17.1 Å². The van der Waals surface area contributed by atoms with Gasteiger partial charge in [0, 0.05) is 27.9 Å². The van der Waals surface area contributed by atoms with Gasteiger partial charge in [0.1, 0.15) is 0 Å². The molecule has 0 saturated heterocycles. The second kappa shape index (κ2) is 15.1. The Balaban J connectivity index is 1.02. The van der Waals surface area contributed by atoms with Crippen LogP contribution in [0.2, 0.25) is 0 Å². The number of nitrogens with zero attached hydrogens (tertiary/aromatic N) is 1. The molecule has 0 N–H and O–H groups in total. The summed E-state index contributed by atoms with van der Waals surface area (Å²) in [7, 11) is -2.70. The smallest absolute Gasteiger partial charge is 0.180 e. The molecule has 68 heavy (non-hydrogen) atoms. The average Bonchev–Trinajstić information content (AvgIpc) is 3.91. The van der Waals surface area contributed by atoms with E-state index < -0.39 is 8.07 Å². The second-order valence-corrected chi connectivity index (χ2v) is 23.8. The summed E-state index contributed by atoms with van der Waals surface area (Å²) in [6.45, 7) is 9.52. The van der Waals surface area contributed by atoms with E-state index in [4.69, 9.17) is 0 Å². The summed E-state index contributed by atoms with van der Waals surface area (Å²) in [4.78, 5) is 2.51. The molecule has 324 valence electrons. The van der Waals surface area contributed by atoms with Gasteiger partial charge in [-0.25, -0.2) is 0 Å². The maximum atomic E-state index is 2.53. The first kappa shape index (κ1) is 40.5.